The third-order valence-electron chi connectivity index (χ3n) is 1.52. The first-order valence-corrected chi connectivity index (χ1v) is 4.26. The average molecular weight is 240 g/mol. The third-order valence-corrected chi connectivity index (χ3v) is 2.14. The molecular formula is C9H6BrNO2. The van der Waals surface area contributed by atoms with Crippen LogP contribution in [0.1, 0.15) is 10.4 Å². The fourth-order valence-electron chi connectivity index (χ4n) is 0.872. The van der Waals surface area contributed by atoms with Gasteiger partial charge in [0.05, 0.1) is 11.6 Å². The van der Waals surface area contributed by atoms with Gasteiger partial charge in [0.2, 0.25) is 0 Å². The number of carbonyl (C=O) groups is 1. The summed E-state index contributed by atoms with van der Waals surface area (Å²) in [7, 11) is 1.53. The van der Waals surface area contributed by atoms with E-state index < -0.39 is 5.78 Å². The van der Waals surface area contributed by atoms with Crippen molar-refractivity contribution in [2.24, 2.45) is 0 Å². The molecule has 0 amide bonds. The molecule has 0 aliphatic rings. The monoisotopic (exact) mass is 239 g/mol. The lowest BCUT2D eigenvalue weighted by Crippen LogP contribution is -1.95. The van der Waals surface area contributed by atoms with Crippen LogP contribution in [0.3, 0.4) is 0 Å². The van der Waals surface area contributed by atoms with Crippen LogP contribution in [0.2, 0.25) is 0 Å². The third kappa shape index (κ3) is 2.07. The van der Waals surface area contributed by atoms with Crippen molar-refractivity contribution in [1.82, 2.24) is 0 Å². The number of benzene rings is 1. The molecule has 0 bridgehead atoms. The molecule has 13 heavy (non-hydrogen) atoms. The van der Waals surface area contributed by atoms with E-state index in [1.165, 1.54) is 7.11 Å². The molecule has 4 heteroatoms. The summed E-state index contributed by atoms with van der Waals surface area (Å²) in [6.45, 7) is 0. The second-order valence-corrected chi connectivity index (χ2v) is 3.14. The number of nitriles is 1. The van der Waals surface area contributed by atoms with Crippen molar-refractivity contribution >= 4 is 21.7 Å². The molecule has 0 atom stereocenters. The van der Waals surface area contributed by atoms with Gasteiger partial charge in [0.1, 0.15) is 11.8 Å². The Labute approximate surface area is 84.1 Å². The molecule has 0 fully saturated rings. The van der Waals surface area contributed by atoms with Gasteiger partial charge in [-0.3, -0.25) is 4.79 Å². The first-order chi connectivity index (χ1) is 6.19. The van der Waals surface area contributed by atoms with E-state index in [1.54, 1.807) is 24.3 Å². The maximum atomic E-state index is 10.9. The predicted molar refractivity (Wildman–Crippen MR) is 50.6 cm³/mol. The summed E-state index contributed by atoms with van der Waals surface area (Å²) in [4.78, 5) is 10.9. The normalized spacial score (nSPS) is 9.00. The minimum absolute atomic E-state index is 0.357. The number of nitrogens with zero attached hydrogens (tertiary/aromatic N) is 1. The Bertz CT molecular complexity index is 382. The summed E-state index contributed by atoms with van der Waals surface area (Å²) < 4.78 is 5.64. The largest absolute Gasteiger partial charge is 0.496 e. The summed E-state index contributed by atoms with van der Waals surface area (Å²) in [5.74, 6) is 0.0813. The summed E-state index contributed by atoms with van der Waals surface area (Å²) in [6, 6.07) is 6.29. The van der Waals surface area contributed by atoms with Gasteiger partial charge in [0.25, 0.3) is 5.78 Å². The lowest BCUT2D eigenvalue weighted by Gasteiger charge is -2.02. The first-order valence-electron chi connectivity index (χ1n) is 3.47. The van der Waals surface area contributed by atoms with Crippen molar-refractivity contribution in [1.29, 1.82) is 5.26 Å². The number of halogens is 1. The van der Waals surface area contributed by atoms with Crippen molar-refractivity contribution in [3.8, 4) is 11.8 Å². The van der Waals surface area contributed by atoms with Crippen molar-refractivity contribution in [3.05, 3.63) is 28.2 Å². The Kier molecular flexibility index (Phi) is 3.04. The van der Waals surface area contributed by atoms with E-state index in [4.69, 9.17) is 10.00 Å². The molecule has 0 aromatic heterocycles. The van der Waals surface area contributed by atoms with Crippen LogP contribution in [0.5, 0.6) is 5.75 Å². The Morgan fingerprint density at radius 1 is 1.62 bits per heavy atom. The quantitative estimate of drug-likeness (QED) is 0.587. The number of ether oxygens (including phenoxy) is 1. The van der Waals surface area contributed by atoms with Crippen molar-refractivity contribution in [3.63, 3.8) is 0 Å². The number of ketones is 1. The van der Waals surface area contributed by atoms with E-state index in [9.17, 15) is 4.79 Å². The van der Waals surface area contributed by atoms with Gasteiger partial charge < -0.3 is 4.74 Å². The average Bonchev–Trinajstić information content (AvgIpc) is 2.16. The maximum Gasteiger partial charge on any atom is 0.262 e. The maximum absolute atomic E-state index is 10.9. The summed E-state index contributed by atoms with van der Waals surface area (Å²) in [5, 5.41) is 8.36. The lowest BCUT2D eigenvalue weighted by atomic mass is 10.1. The minimum Gasteiger partial charge on any atom is -0.496 e. The highest BCUT2D eigenvalue weighted by atomic mass is 79.9. The Balaban J connectivity index is 3.11. The lowest BCUT2D eigenvalue weighted by molar-refractivity contribution is 0.105. The molecule has 1 rings (SSSR count). The number of hydrogen-bond acceptors (Lipinski definition) is 3. The molecule has 0 aliphatic heterocycles. The molecule has 0 saturated heterocycles. The van der Waals surface area contributed by atoms with E-state index in [-0.39, 0.29) is 0 Å². The minimum atomic E-state index is -0.552. The van der Waals surface area contributed by atoms with Gasteiger partial charge in [-0.15, -0.1) is 0 Å². The molecule has 0 radical (unpaired) electrons. The molecule has 1 aromatic rings. The van der Waals surface area contributed by atoms with Crippen LogP contribution in [0.4, 0.5) is 0 Å². The SMILES string of the molecule is COc1ccc(C(=O)C#N)cc1Br. The van der Waals surface area contributed by atoms with Crippen molar-refractivity contribution in [2.75, 3.05) is 7.11 Å². The number of Topliss-reactive ketones (excluding diaryl/α,β-unsaturated/α-hetero) is 1. The van der Waals surface area contributed by atoms with Crippen LogP contribution in [0, 0.1) is 11.3 Å². The highest BCUT2D eigenvalue weighted by Crippen LogP contribution is 2.25. The van der Waals surface area contributed by atoms with Crippen LogP contribution in [0.25, 0.3) is 0 Å². The molecule has 0 spiro atoms. The van der Waals surface area contributed by atoms with E-state index >= 15 is 0 Å². The predicted octanol–water partition coefficient (Wildman–Crippen LogP) is 2.16. The molecule has 0 N–H and O–H groups in total. The number of carbonyl (C=O) groups excluding carboxylic acids is 1. The molecule has 0 heterocycles. The Morgan fingerprint density at radius 2 is 2.31 bits per heavy atom. The van der Waals surface area contributed by atoms with E-state index in [0.717, 1.165) is 0 Å². The van der Waals surface area contributed by atoms with Gasteiger partial charge in [0.15, 0.2) is 0 Å². The van der Waals surface area contributed by atoms with E-state index in [1.807, 2.05) is 0 Å². The Hall–Kier alpha value is -1.34. The van der Waals surface area contributed by atoms with Crippen LogP contribution >= 0.6 is 15.9 Å². The molecular weight excluding hydrogens is 234 g/mol. The number of rotatable bonds is 2. The zero-order valence-corrected chi connectivity index (χ0v) is 8.46. The second-order valence-electron chi connectivity index (χ2n) is 2.29. The number of methoxy groups -OCH3 is 1. The molecule has 0 saturated carbocycles. The fourth-order valence-corrected chi connectivity index (χ4v) is 1.41. The summed E-state index contributed by atoms with van der Waals surface area (Å²) in [5.41, 5.74) is 0.357. The van der Waals surface area contributed by atoms with Gasteiger partial charge in [0, 0.05) is 5.56 Å². The van der Waals surface area contributed by atoms with Gasteiger partial charge in [-0.1, -0.05) is 0 Å². The van der Waals surface area contributed by atoms with Gasteiger partial charge in [-0.05, 0) is 34.1 Å². The van der Waals surface area contributed by atoms with E-state index in [2.05, 4.69) is 15.9 Å². The number of hydrogen-bond donors (Lipinski definition) is 0. The first kappa shape index (κ1) is 9.75. The van der Waals surface area contributed by atoms with Crippen LogP contribution < -0.4 is 4.74 Å². The highest BCUT2D eigenvalue weighted by molar-refractivity contribution is 9.10. The van der Waals surface area contributed by atoms with Crippen molar-refractivity contribution < 1.29 is 9.53 Å². The van der Waals surface area contributed by atoms with Crippen LogP contribution in [-0.2, 0) is 0 Å². The van der Waals surface area contributed by atoms with Gasteiger partial charge in [-0.2, -0.15) is 5.26 Å². The Morgan fingerprint density at radius 3 is 2.77 bits per heavy atom. The van der Waals surface area contributed by atoms with Crippen molar-refractivity contribution in [2.45, 2.75) is 0 Å². The summed E-state index contributed by atoms with van der Waals surface area (Å²) >= 11 is 3.22. The van der Waals surface area contributed by atoms with Gasteiger partial charge in [-0.25, -0.2) is 0 Å². The molecule has 3 nitrogen and oxygen atoms in total. The highest BCUT2D eigenvalue weighted by Gasteiger charge is 2.07. The zero-order valence-electron chi connectivity index (χ0n) is 6.87. The fraction of sp³-hybridized carbons (Fsp3) is 0.111. The van der Waals surface area contributed by atoms with Crippen LogP contribution in [0.15, 0.2) is 22.7 Å². The zero-order chi connectivity index (χ0) is 9.84. The molecule has 1 aromatic carbocycles. The summed E-state index contributed by atoms with van der Waals surface area (Å²) in [6.07, 6.45) is 0. The topological polar surface area (TPSA) is 50.1 Å². The van der Waals surface area contributed by atoms with Gasteiger partial charge >= 0.3 is 0 Å². The van der Waals surface area contributed by atoms with E-state index in [0.29, 0.717) is 15.8 Å². The molecule has 0 unspecified atom stereocenters. The van der Waals surface area contributed by atoms with Crippen LogP contribution in [-0.4, -0.2) is 12.9 Å². The molecule has 0 aliphatic carbocycles. The molecule has 66 valence electrons. The second kappa shape index (κ2) is 4.06. The smallest absolute Gasteiger partial charge is 0.262 e. The standard InChI is InChI=1S/C9H6BrNO2/c1-13-9-3-2-6(4-7(9)10)8(12)5-11/h2-4H,1H3.